The van der Waals surface area contributed by atoms with E-state index < -0.39 is 0 Å². The van der Waals surface area contributed by atoms with Crippen molar-refractivity contribution in [1.29, 1.82) is 5.26 Å². The van der Waals surface area contributed by atoms with Crippen molar-refractivity contribution in [2.45, 2.75) is 0 Å². The fourth-order valence-electron chi connectivity index (χ4n) is 10.4. The Hall–Kier alpha value is -10.8. The minimum atomic E-state index is 0.550. The summed E-state index contributed by atoms with van der Waals surface area (Å²) in [6, 6.07) is 80.1. The van der Waals surface area contributed by atoms with E-state index in [1.807, 2.05) is 152 Å². The lowest BCUT2D eigenvalue weighted by Crippen LogP contribution is -2.05. The molecule has 0 atom stereocenters. The number of hydrogen-bond donors (Lipinski definition) is 0. The van der Waals surface area contributed by atoms with Gasteiger partial charge in [-0.3, -0.25) is 4.98 Å². The van der Waals surface area contributed by atoms with E-state index in [4.69, 9.17) is 34.9 Å². The van der Waals surface area contributed by atoms with Crippen LogP contribution in [0.3, 0.4) is 0 Å². The van der Waals surface area contributed by atoms with Gasteiger partial charge in [0.25, 0.3) is 0 Å². The largest absolute Gasteiger partial charge is 0.307 e. The minimum absolute atomic E-state index is 0.550. The molecule has 10 heteroatoms. The van der Waals surface area contributed by atoms with Crippen LogP contribution in [0.5, 0.6) is 0 Å². The molecule has 0 spiro atoms. The van der Waals surface area contributed by atoms with E-state index in [1.165, 1.54) is 0 Å². The Morgan fingerprint density at radius 1 is 0.289 bits per heavy atom. The molecule has 0 aliphatic heterocycles. The molecule has 14 aromatic rings. The third-order valence-corrected chi connectivity index (χ3v) is 13.9. The van der Waals surface area contributed by atoms with Gasteiger partial charge in [-0.15, -0.1) is 0 Å². The lowest BCUT2D eigenvalue weighted by Gasteiger charge is -2.19. The summed E-state index contributed by atoms with van der Waals surface area (Å²) in [5.74, 6) is 3.53. The van der Waals surface area contributed by atoms with E-state index in [0.29, 0.717) is 40.5 Å². The van der Waals surface area contributed by atoms with Crippen molar-refractivity contribution < 1.29 is 0 Å². The fourth-order valence-corrected chi connectivity index (χ4v) is 10.4. The molecule has 0 saturated heterocycles. The monoisotopic (exact) mass is 972 g/mol. The number of rotatable bonds is 9. The van der Waals surface area contributed by atoms with Gasteiger partial charge in [0.2, 0.25) is 0 Å². The molecule has 5 aromatic heterocycles. The highest BCUT2D eigenvalue weighted by molar-refractivity contribution is 6.13. The molecule has 0 N–H and O–H groups in total. The molecular formula is C66H40N10. The molecule has 0 aliphatic rings. The van der Waals surface area contributed by atoms with Crippen molar-refractivity contribution >= 4 is 43.6 Å². The van der Waals surface area contributed by atoms with Crippen molar-refractivity contribution in [3.8, 4) is 96.9 Å². The molecule has 76 heavy (non-hydrogen) atoms. The Labute approximate surface area is 436 Å². The van der Waals surface area contributed by atoms with Crippen molar-refractivity contribution in [1.82, 2.24) is 44.0 Å². The fraction of sp³-hybridized carbons (Fsp3) is 0. The van der Waals surface area contributed by atoms with Crippen LogP contribution in [0.2, 0.25) is 0 Å². The Kier molecular flexibility index (Phi) is 10.6. The molecule has 0 fully saturated rings. The van der Waals surface area contributed by atoms with Crippen LogP contribution in [-0.2, 0) is 0 Å². The van der Waals surface area contributed by atoms with E-state index >= 15 is 0 Å². The summed E-state index contributed by atoms with van der Waals surface area (Å²) >= 11 is 0. The molecule has 0 amide bonds. The first-order valence-electron chi connectivity index (χ1n) is 24.9. The number of benzene rings is 9. The van der Waals surface area contributed by atoms with Gasteiger partial charge in [-0.05, 0) is 66.2 Å². The maximum Gasteiger partial charge on any atom is 0.164 e. The molecule has 0 bridgehead atoms. The normalized spacial score (nSPS) is 11.4. The predicted molar refractivity (Wildman–Crippen MR) is 302 cm³/mol. The van der Waals surface area contributed by atoms with Gasteiger partial charge in [0, 0.05) is 60.5 Å². The predicted octanol–water partition coefficient (Wildman–Crippen LogP) is 15.2. The van der Waals surface area contributed by atoms with Crippen LogP contribution in [-0.4, -0.2) is 44.0 Å². The van der Waals surface area contributed by atoms with Crippen LogP contribution in [0.15, 0.2) is 243 Å². The van der Waals surface area contributed by atoms with E-state index in [2.05, 4.69) is 106 Å². The van der Waals surface area contributed by atoms with Crippen LogP contribution in [0, 0.1) is 11.3 Å². The third-order valence-electron chi connectivity index (χ3n) is 13.9. The van der Waals surface area contributed by atoms with Crippen LogP contribution in [0.25, 0.3) is 134 Å². The molecular weight excluding hydrogens is 933 g/mol. The van der Waals surface area contributed by atoms with Gasteiger partial charge in [-0.2, -0.15) is 5.26 Å². The van der Waals surface area contributed by atoms with Crippen LogP contribution >= 0.6 is 0 Å². The molecule has 354 valence electrons. The second-order valence-corrected chi connectivity index (χ2v) is 18.5. The van der Waals surface area contributed by atoms with Crippen LogP contribution < -0.4 is 0 Å². The van der Waals surface area contributed by atoms with Crippen molar-refractivity contribution in [2.24, 2.45) is 0 Å². The molecule has 0 aliphatic carbocycles. The number of fused-ring (bicyclic) bond motifs is 6. The average Bonchev–Trinajstić information content (AvgIpc) is 4.06. The van der Waals surface area contributed by atoms with E-state index in [9.17, 15) is 5.26 Å². The van der Waals surface area contributed by atoms with Gasteiger partial charge < -0.3 is 9.13 Å². The number of pyridine rings is 1. The maximum absolute atomic E-state index is 10.3. The van der Waals surface area contributed by atoms with E-state index in [-0.39, 0.29) is 0 Å². The van der Waals surface area contributed by atoms with Gasteiger partial charge in [0.15, 0.2) is 34.9 Å². The quantitative estimate of drug-likeness (QED) is 0.140. The SMILES string of the molecule is N#Cc1cccc(-c2c(-n3c4ccccc4c4cc(-c5nc(-c6ccccc6)nc(-c6ccccc6)n5)ccc43)cncc2-n2c3ccccc3c3cc(-c4nc(-c5ccccc5)nc(-c5ccccc5)n4)ccc32)c1. The Bertz CT molecular complexity index is 4210. The van der Waals surface area contributed by atoms with Crippen molar-refractivity contribution in [3.63, 3.8) is 0 Å². The first kappa shape index (κ1) is 44.0. The first-order valence-corrected chi connectivity index (χ1v) is 24.9. The molecule has 0 unspecified atom stereocenters. The van der Waals surface area contributed by atoms with Gasteiger partial charge in [-0.25, -0.2) is 29.9 Å². The van der Waals surface area contributed by atoms with E-state index in [1.54, 1.807) is 0 Å². The van der Waals surface area contributed by atoms with Gasteiger partial charge in [0.05, 0.1) is 57.5 Å². The van der Waals surface area contributed by atoms with Gasteiger partial charge >= 0.3 is 0 Å². The zero-order chi connectivity index (χ0) is 50.5. The highest BCUT2D eigenvalue weighted by atomic mass is 15.1. The third kappa shape index (κ3) is 7.63. The number of nitrogens with zero attached hydrogens (tertiary/aromatic N) is 10. The number of para-hydroxylation sites is 2. The molecule has 9 aromatic carbocycles. The highest BCUT2D eigenvalue weighted by Crippen LogP contribution is 2.43. The standard InChI is InChI=1S/C66H40N10/c67-39-42-18-17-27-47(36-42)60-58(75-54-30-15-13-28-50(54)52-37-48(32-34-56(52)75)65-71-61(43-19-5-1-6-20-43)69-62(72-65)44-21-7-2-8-22-44)40-68-41-59(60)76-55-31-16-14-29-51(55)53-38-49(33-35-57(53)76)66-73-63(45-23-9-3-10-24-45)70-64(74-66)46-25-11-4-12-26-46/h1-38,40-41H. The summed E-state index contributed by atoms with van der Waals surface area (Å²) in [5.41, 5.74) is 13.3. The van der Waals surface area contributed by atoms with Crippen molar-refractivity contribution in [3.05, 3.63) is 248 Å². The maximum atomic E-state index is 10.3. The summed E-state index contributed by atoms with van der Waals surface area (Å²) in [7, 11) is 0. The van der Waals surface area contributed by atoms with Gasteiger partial charge in [-0.1, -0.05) is 170 Å². The molecule has 5 heterocycles. The summed E-state index contributed by atoms with van der Waals surface area (Å²) in [4.78, 5) is 35.3. The lowest BCUT2D eigenvalue weighted by molar-refractivity contribution is 1.07. The zero-order valence-electron chi connectivity index (χ0n) is 40.6. The Morgan fingerprint density at radius 3 is 1.03 bits per heavy atom. The van der Waals surface area contributed by atoms with Crippen LogP contribution in [0.4, 0.5) is 0 Å². The van der Waals surface area contributed by atoms with Gasteiger partial charge in [0.1, 0.15) is 0 Å². The topological polar surface area (TPSA) is 124 Å². The van der Waals surface area contributed by atoms with Crippen LogP contribution in [0.1, 0.15) is 5.56 Å². The summed E-state index contributed by atoms with van der Waals surface area (Å²) < 4.78 is 4.58. The molecule has 10 nitrogen and oxygen atoms in total. The summed E-state index contributed by atoms with van der Waals surface area (Å²) in [6.45, 7) is 0. The smallest absolute Gasteiger partial charge is 0.164 e. The second-order valence-electron chi connectivity index (χ2n) is 18.5. The molecule has 0 radical (unpaired) electrons. The number of nitriles is 1. The first-order chi connectivity index (χ1) is 37.6. The highest BCUT2D eigenvalue weighted by Gasteiger charge is 2.24. The number of hydrogen-bond acceptors (Lipinski definition) is 8. The molecule has 14 rings (SSSR count). The minimum Gasteiger partial charge on any atom is -0.307 e. The summed E-state index contributed by atoms with van der Waals surface area (Å²) in [6.07, 6.45) is 3.87. The lowest BCUT2D eigenvalue weighted by atomic mass is 10.0. The zero-order valence-corrected chi connectivity index (χ0v) is 40.6. The molecule has 0 saturated carbocycles. The summed E-state index contributed by atoms with van der Waals surface area (Å²) in [5, 5.41) is 14.5. The average molecular weight is 973 g/mol. The van der Waals surface area contributed by atoms with E-state index in [0.717, 1.165) is 99.5 Å². The Balaban J connectivity index is 0.977. The Morgan fingerprint density at radius 2 is 0.632 bits per heavy atom. The van der Waals surface area contributed by atoms with Crippen molar-refractivity contribution in [2.75, 3.05) is 0 Å². The number of aromatic nitrogens is 9. The second kappa shape index (κ2) is 18.4.